The summed E-state index contributed by atoms with van der Waals surface area (Å²) in [4.78, 5) is 26.2. The van der Waals surface area contributed by atoms with Crippen LogP contribution in [0.25, 0.3) is 0 Å². The standard InChI is InChI=1S/C57H106N2O2/c1-6-8-10-12-14-16-18-20-22-27-31-35-39-43-47-51-55(60)58-57(54(5)50-46-42-38-34-30-26-24-25-29-33-37-41-45-49-53(3)4)59-56(61)52-48-44-40-36-32-28-23-21-19-17-15-13-11-9-7-2/h14-17,20-23,53-54,57H,6-13,18-19,24-52H2,1-5H3,(H,58,60)(H,59,61)/b16-14-,17-15-,22-20-,23-21-. The van der Waals surface area contributed by atoms with Crippen molar-refractivity contribution < 1.29 is 9.59 Å². The van der Waals surface area contributed by atoms with Crippen LogP contribution in [-0.4, -0.2) is 18.0 Å². The van der Waals surface area contributed by atoms with Gasteiger partial charge in [0.15, 0.2) is 0 Å². The largest absolute Gasteiger partial charge is 0.336 e. The molecular formula is C57H106N2O2. The maximum atomic E-state index is 13.1. The van der Waals surface area contributed by atoms with Gasteiger partial charge in [0.05, 0.1) is 0 Å². The van der Waals surface area contributed by atoms with Crippen molar-refractivity contribution in [1.82, 2.24) is 10.6 Å². The lowest BCUT2D eigenvalue weighted by Gasteiger charge is -2.26. The highest BCUT2D eigenvalue weighted by Crippen LogP contribution is 2.18. The molecule has 2 N–H and O–H groups in total. The van der Waals surface area contributed by atoms with Gasteiger partial charge in [-0.25, -0.2) is 0 Å². The molecular weight excluding hydrogens is 745 g/mol. The molecule has 0 spiro atoms. The van der Waals surface area contributed by atoms with E-state index in [2.05, 4.69) is 93.9 Å². The summed E-state index contributed by atoms with van der Waals surface area (Å²) in [6.45, 7) is 11.4. The fourth-order valence-corrected chi connectivity index (χ4v) is 8.14. The van der Waals surface area contributed by atoms with Crippen LogP contribution in [0.3, 0.4) is 0 Å². The van der Waals surface area contributed by atoms with Crippen LogP contribution in [0.5, 0.6) is 0 Å². The van der Waals surface area contributed by atoms with E-state index in [1.807, 2.05) is 0 Å². The summed E-state index contributed by atoms with van der Waals surface area (Å²) < 4.78 is 0. The monoisotopic (exact) mass is 851 g/mol. The highest BCUT2D eigenvalue weighted by atomic mass is 16.2. The van der Waals surface area contributed by atoms with E-state index in [-0.39, 0.29) is 23.9 Å². The van der Waals surface area contributed by atoms with Crippen LogP contribution >= 0.6 is 0 Å². The lowest BCUT2D eigenvalue weighted by atomic mass is 9.98. The molecule has 61 heavy (non-hydrogen) atoms. The topological polar surface area (TPSA) is 58.2 Å². The molecule has 0 radical (unpaired) electrons. The van der Waals surface area contributed by atoms with E-state index in [9.17, 15) is 9.59 Å². The third kappa shape index (κ3) is 47.2. The zero-order valence-electron chi connectivity index (χ0n) is 41.7. The summed E-state index contributed by atoms with van der Waals surface area (Å²) in [5.41, 5.74) is 0. The van der Waals surface area contributed by atoms with Gasteiger partial charge in [0, 0.05) is 12.8 Å². The fraction of sp³-hybridized carbons (Fsp3) is 0.825. The number of rotatable bonds is 47. The number of allylic oxidation sites excluding steroid dienone is 8. The van der Waals surface area contributed by atoms with Crippen LogP contribution in [-0.2, 0) is 9.59 Å². The Hall–Kier alpha value is -2.10. The molecule has 0 fully saturated rings. The Kier molecular flexibility index (Phi) is 47.2. The van der Waals surface area contributed by atoms with Gasteiger partial charge in [0.2, 0.25) is 11.8 Å². The van der Waals surface area contributed by atoms with Crippen molar-refractivity contribution in [2.24, 2.45) is 11.8 Å². The normalized spacial score (nSPS) is 12.7. The van der Waals surface area contributed by atoms with Crippen molar-refractivity contribution >= 4 is 11.8 Å². The lowest BCUT2D eigenvalue weighted by molar-refractivity contribution is -0.125. The Labute approximate surface area is 382 Å². The third-order valence-corrected chi connectivity index (χ3v) is 12.4. The van der Waals surface area contributed by atoms with Gasteiger partial charge in [0.25, 0.3) is 0 Å². The van der Waals surface area contributed by atoms with Crippen LogP contribution < -0.4 is 10.6 Å². The van der Waals surface area contributed by atoms with Gasteiger partial charge in [-0.05, 0) is 95.3 Å². The van der Waals surface area contributed by atoms with Crippen LogP contribution in [0, 0.1) is 11.8 Å². The molecule has 4 heteroatoms. The molecule has 0 saturated heterocycles. The maximum Gasteiger partial charge on any atom is 0.221 e. The van der Waals surface area contributed by atoms with Crippen LogP contribution in [0.2, 0.25) is 0 Å². The van der Waals surface area contributed by atoms with Gasteiger partial charge in [-0.15, -0.1) is 0 Å². The number of unbranched alkanes of at least 4 members (excludes halogenated alkanes) is 28. The summed E-state index contributed by atoms with van der Waals surface area (Å²) in [7, 11) is 0. The first kappa shape index (κ1) is 58.9. The Morgan fingerprint density at radius 2 is 0.656 bits per heavy atom. The minimum Gasteiger partial charge on any atom is -0.336 e. The number of carbonyl (C=O) groups excluding carboxylic acids is 2. The minimum absolute atomic E-state index is 0.0889. The number of carbonyl (C=O) groups is 2. The second-order valence-corrected chi connectivity index (χ2v) is 19.1. The van der Waals surface area contributed by atoms with Gasteiger partial charge < -0.3 is 10.6 Å². The molecule has 0 aromatic carbocycles. The number of hydrogen-bond donors (Lipinski definition) is 2. The molecule has 4 nitrogen and oxygen atoms in total. The quantitative estimate of drug-likeness (QED) is 0.0364. The van der Waals surface area contributed by atoms with Crippen LogP contribution in [0.15, 0.2) is 48.6 Å². The predicted octanol–water partition coefficient (Wildman–Crippen LogP) is 18.3. The molecule has 0 rings (SSSR count). The first-order valence-electron chi connectivity index (χ1n) is 27.1. The van der Waals surface area contributed by atoms with E-state index in [1.165, 1.54) is 173 Å². The average Bonchev–Trinajstić information content (AvgIpc) is 3.24. The average molecular weight is 851 g/mol. The lowest BCUT2D eigenvalue weighted by Crippen LogP contribution is -2.51. The van der Waals surface area contributed by atoms with Gasteiger partial charge in [-0.2, -0.15) is 0 Å². The minimum atomic E-state index is -0.272. The number of amides is 2. The Bertz CT molecular complexity index is 982. The van der Waals surface area contributed by atoms with Gasteiger partial charge in [-0.3, -0.25) is 9.59 Å². The SMILES string of the molecule is CCCCC/C=C\C/C=C\CCCCCCCC(=O)NC(NC(=O)CCCCCCC/C=C\C/C=C\CCCCC)C(C)CCCCCCCCCCCCCCCC(C)C. The molecule has 0 aromatic heterocycles. The maximum absolute atomic E-state index is 13.1. The summed E-state index contributed by atoms with van der Waals surface area (Å²) in [5.74, 6) is 1.26. The van der Waals surface area contributed by atoms with Crippen molar-refractivity contribution in [1.29, 1.82) is 0 Å². The molecule has 0 bridgehead atoms. The van der Waals surface area contributed by atoms with Crippen molar-refractivity contribution in [3.05, 3.63) is 48.6 Å². The van der Waals surface area contributed by atoms with Crippen LogP contribution in [0.1, 0.15) is 285 Å². The van der Waals surface area contributed by atoms with Gasteiger partial charge >= 0.3 is 0 Å². The Morgan fingerprint density at radius 3 is 1.00 bits per heavy atom. The summed E-state index contributed by atoms with van der Waals surface area (Å²) >= 11 is 0. The number of hydrogen-bond acceptors (Lipinski definition) is 2. The van der Waals surface area contributed by atoms with E-state index in [0.29, 0.717) is 12.8 Å². The predicted molar refractivity (Wildman–Crippen MR) is 272 cm³/mol. The molecule has 0 aliphatic carbocycles. The number of nitrogens with one attached hydrogen (secondary N) is 2. The first-order valence-corrected chi connectivity index (χ1v) is 27.1. The molecule has 1 unspecified atom stereocenters. The molecule has 0 aliphatic heterocycles. The summed E-state index contributed by atoms with van der Waals surface area (Å²) in [6, 6.07) is 0. The molecule has 0 aromatic rings. The highest BCUT2D eigenvalue weighted by Gasteiger charge is 2.21. The molecule has 2 amide bonds. The zero-order chi connectivity index (χ0) is 44.5. The Balaban J connectivity index is 4.44. The van der Waals surface area contributed by atoms with E-state index >= 15 is 0 Å². The van der Waals surface area contributed by atoms with E-state index in [1.54, 1.807) is 0 Å². The second kappa shape index (κ2) is 48.9. The van der Waals surface area contributed by atoms with Crippen molar-refractivity contribution in [2.45, 2.75) is 291 Å². The summed E-state index contributed by atoms with van der Waals surface area (Å²) in [5, 5.41) is 6.52. The van der Waals surface area contributed by atoms with E-state index < -0.39 is 0 Å². The smallest absolute Gasteiger partial charge is 0.221 e. The van der Waals surface area contributed by atoms with Crippen LogP contribution in [0.4, 0.5) is 0 Å². The van der Waals surface area contributed by atoms with Gasteiger partial charge in [0.1, 0.15) is 6.17 Å². The zero-order valence-corrected chi connectivity index (χ0v) is 41.7. The molecule has 0 saturated carbocycles. The van der Waals surface area contributed by atoms with Crippen molar-refractivity contribution in [3.63, 3.8) is 0 Å². The fourth-order valence-electron chi connectivity index (χ4n) is 8.14. The van der Waals surface area contributed by atoms with E-state index in [0.717, 1.165) is 70.1 Å². The molecule has 0 aliphatic rings. The molecule has 1 atom stereocenters. The molecule has 356 valence electrons. The second-order valence-electron chi connectivity index (χ2n) is 19.1. The summed E-state index contributed by atoms with van der Waals surface area (Å²) in [6.07, 6.45) is 65.4. The van der Waals surface area contributed by atoms with Crippen molar-refractivity contribution in [3.8, 4) is 0 Å². The van der Waals surface area contributed by atoms with Gasteiger partial charge in [-0.1, -0.05) is 237 Å². The Morgan fingerprint density at radius 1 is 0.361 bits per heavy atom. The van der Waals surface area contributed by atoms with E-state index in [4.69, 9.17) is 0 Å². The highest BCUT2D eigenvalue weighted by molar-refractivity contribution is 5.79. The molecule has 0 heterocycles. The first-order chi connectivity index (χ1) is 29.9. The third-order valence-electron chi connectivity index (χ3n) is 12.4. The van der Waals surface area contributed by atoms with Crippen molar-refractivity contribution in [2.75, 3.05) is 0 Å².